The van der Waals surface area contributed by atoms with Crippen molar-refractivity contribution in [2.24, 2.45) is 62.6 Å². The van der Waals surface area contributed by atoms with Gasteiger partial charge >= 0.3 is 0 Å². The van der Waals surface area contributed by atoms with E-state index in [9.17, 15) is 0 Å². The second-order valence-electron chi connectivity index (χ2n) is 19.9. The van der Waals surface area contributed by atoms with Crippen LogP contribution in [-0.4, -0.2) is 24.8 Å². The molecule has 0 aromatic carbocycles. The lowest BCUT2D eigenvalue weighted by Gasteiger charge is -2.53. The third kappa shape index (κ3) is 8.65. The predicted molar refractivity (Wildman–Crippen MR) is 180 cm³/mol. The molecule has 8 atom stereocenters. The number of allylic oxidation sites excluding steroid dienone is 2. The smallest absolute Gasteiger partial charge is 0.0785 e. The first kappa shape index (κ1) is 35.1. The molecule has 1 N–H and O–H groups in total. The van der Waals surface area contributed by atoms with Crippen molar-refractivity contribution < 1.29 is 4.74 Å². The molecule has 0 aromatic rings. The second-order valence-corrected chi connectivity index (χ2v) is 19.9. The molecule has 1 saturated heterocycles. The average molecular weight is 572 g/mol. The molecule has 3 rings (SSSR count). The highest BCUT2D eigenvalue weighted by atomic mass is 16.5. The Hall–Kier alpha value is -0.340. The van der Waals surface area contributed by atoms with E-state index in [2.05, 4.69) is 121 Å². The highest BCUT2D eigenvalue weighted by molar-refractivity contribution is 5.03. The Kier molecular flexibility index (Phi) is 10.8. The fraction of sp³-hybridized carbons (Fsp3) is 0.949. The zero-order valence-electron chi connectivity index (χ0n) is 30.4. The molecule has 2 fully saturated rings. The standard InChI is InChI=1S/C39H73NO/c1-26(2)29-22-27(23-38(12,13)32-19-17-16-18-31(32)35(3,4)5)20-21-30(29)39(14,15)24-28-25-40-33(36(6,7)8)34(41-28)37(9,10)11/h16-17,26-34,40H,18-25H2,1-15H3. The van der Waals surface area contributed by atoms with Crippen molar-refractivity contribution in [2.45, 2.75) is 167 Å². The van der Waals surface area contributed by atoms with Gasteiger partial charge in [-0.1, -0.05) is 122 Å². The Morgan fingerprint density at radius 1 is 0.683 bits per heavy atom. The molecule has 41 heavy (non-hydrogen) atoms. The molecule has 0 spiro atoms. The zero-order valence-corrected chi connectivity index (χ0v) is 30.4. The van der Waals surface area contributed by atoms with Crippen LogP contribution in [0.2, 0.25) is 0 Å². The molecular formula is C39H73NO. The molecule has 0 bridgehead atoms. The van der Waals surface area contributed by atoms with Crippen LogP contribution in [0, 0.1) is 62.6 Å². The number of nitrogens with one attached hydrogen (secondary N) is 1. The SMILES string of the molecule is CC(C)C1CC(CC(C)(C)C2CC=CCC2C(C)(C)C)CCC1C(C)(C)CC1CNC(C(C)(C)C)C(C(C)(C)C)O1. The molecule has 8 unspecified atom stereocenters. The third-order valence-corrected chi connectivity index (χ3v) is 12.0. The van der Waals surface area contributed by atoms with E-state index < -0.39 is 0 Å². The maximum atomic E-state index is 7.04. The maximum absolute atomic E-state index is 7.04. The van der Waals surface area contributed by atoms with Crippen LogP contribution >= 0.6 is 0 Å². The summed E-state index contributed by atoms with van der Waals surface area (Å²) in [6.45, 7) is 37.9. The fourth-order valence-electron chi connectivity index (χ4n) is 9.74. The summed E-state index contributed by atoms with van der Waals surface area (Å²) in [5, 5.41) is 3.97. The molecule has 2 aliphatic carbocycles. The van der Waals surface area contributed by atoms with Gasteiger partial charge in [-0.25, -0.2) is 0 Å². The van der Waals surface area contributed by atoms with Crippen molar-refractivity contribution in [3.05, 3.63) is 12.2 Å². The molecule has 2 nitrogen and oxygen atoms in total. The lowest BCUT2D eigenvalue weighted by atomic mass is 9.54. The van der Waals surface area contributed by atoms with Gasteiger partial charge in [-0.2, -0.15) is 0 Å². The molecular weight excluding hydrogens is 498 g/mol. The van der Waals surface area contributed by atoms with E-state index in [0.717, 1.165) is 48.5 Å². The lowest BCUT2D eigenvalue weighted by Crippen LogP contribution is -2.62. The second kappa shape index (κ2) is 12.6. The molecule has 1 heterocycles. The third-order valence-electron chi connectivity index (χ3n) is 12.0. The predicted octanol–water partition coefficient (Wildman–Crippen LogP) is 11.0. The minimum Gasteiger partial charge on any atom is -0.371 e. The van der Waals surface area contributed by atoms with E-state index in [-0.39, 0.29) is 22.3 Å². The van der Waals surface area contributed by atoms with Gasteiger partial charge in [0.2, 0.25) is 0 Å². The summed E-state index contributed by atoms with van der Waals surface area (Å²) in [6.07, 6.45) is 14.8. The van der Waals surface area contributed by atoms with Gasteiger partial charge < -0.3 is 10.1 Å². The number of rotatable bonds is 7. The van der Waals surface area contributed by atoms with E-state index in [1.54, 1.807) is 0 Å². The molecule has 0 radical (unpaired) electrons. The summed E-state index contributed by atoms with van der Waals surface area (Å²) in [5.41, 5.74) is 1.37. The number of ether oxygens (including phenoxy) is 1. The molecule has 1 aliphatic heterocycles. The van der Waals surface area contributed by atoms with E-state index in [1.165, 1.54) is 38.5 Å². The Bertz CT molecular complexity index is 859. The van der Waals surface area contributed by atoms with Crippen molar-refractivity contribution >= 4 is 0 Å². The van der Waals surface area contributed by atoms with Crippen LogP contribution in [0.1, 0.15) is 149 Å². The number of hydrogen-bond acceptors (Lipinski definition) is 2. The normalized spacial score (nSPS) is 34.7. The van der Waals surface area contributed by atoms with Gasteiger partial charge in [-0.05, 0) is 101 Å². The van der Waals surface area contributed by atoms with Gasteiger partial charge in [-0.3, -0.25) is 0 Å². The van der Waals surface area contributed by atoms with Gasteiger partial charge in [0, 0.05) is 12.6 Å². The van der Waals surface area contributed by atoms with Crippen molar-refractivity contribution in [2.75, 3.05) is 6.54 Å². The van der Waals surface area contributed by atoms with Crippen LogP contribution in [0.3, 0.4) is 0 Å². The summed E-state index contributed by atoms with van der Waals surface area (Å²) in [5.74, 6) is 4.77. The zero-order chi connectivity index (χ0) is 31.2. The minimum absolute atomic E-state index is 0.124. The quantitative estimate of drug-likeness (QED) is 0.307. The molecule has 0 amide bonds. The highest BCUT2D eigenvalue weighted by Crippen LogP contribution is 2.55. The van der Waals surface area contributed by atoms with E-state index in [0.29, 0.717) is 23.0 Å². The first-order chi connectivity index (χ1) is 18.5. The van der Waals surface area contributed by atoms with Crippen LogP contribution in [0.4, 0.5) is 0 Å². The van der Waals surface area contributed by atoms with E-state index in [1.807, 2.05) is 0 Å². The van der Waals surface area contributed by atoms with Gasteiger partial charge in [-0.15, -0.1) is 0 Å². The van der Waals surface area contributed by atoms with Gasteiger partial charge in [0.25, 0.3) is 0 Å². The monoisotopic (exact) mass is 572 g/mol. The Morgan fingerprint density at radius 3 is 1.76 bits per heavy atom. The first-order valence-electron chi connectivity index (χ1n) is 17.6. The van der Waals surface area contributed by atoms with Crippen molar-refractivity contribution in [1.29, 1.82) is 0 Å². The molecule has 2 heteroatoms. The molecule has 1 saturated carbocycles. The van der Waals surface area contributed by atoms with Gasteiger partial charge in [0.1, 0.15) is 0 Å². The summed E-state index contributed by atoms with van der Waals surface area (Å²) in [7, 11) is 0. The van der Waals surface area contributed by atoms with Crippen LogP contribution < -0.4 is 5.32 Å². The highest BCUT2D eigenvalue weighted by Gasteiger charge is 2.48. The van der Waals surface area contributed by atoms with Crippen molar-refractivity contribution in [3.63, 3.8) is 0 Å². The minimum atomic E-state index is 0.124. The average Bonchev–Trinajstić information content (AvgIpc) is 2.81. The maximum Gasteiger partial charge on any atom is 0.0785 e. The number of morpholine rings is 1. The molecule has 3 aliphatic rings. The number of hydrogen-bond donors (Lipinski definition) is 1. The Labute approximate surface area is 258 Å². The summed E-state index contributed by atoms with van der Waals surface area (Å²) in [6, 6.07) is 0.390. The largest absolute Gasteiger partial charge is 0.371 e. The van der Waals surface area contributed by atoms with Crippen LogP contribution in [0.25, 0.3) is 0 Å². The molecule has 0 aromatic heterocycles. The van der Waals surface area contributed by atoms with Crippen LogP contribution in [-0.2, 0) is 4.74 Å². The molecule has 240 valence electrons. The summed E-state index contributed by atoms with van der Waals surface area (Å²) >= 11 is 0. The van der Waals surface area contributed by atoms with E-state index in [4.69, 9.17) is 4.74 Å². The first-order valence-corrected chi connectivity index (χ1v) is 17.6. The summed E-state index contributed by atoms with van der Waals surface area (Å²) in [4.78, 5) is 0. The Morgan fingerprint density at radius 2 is 1.24 bits per heavy atom. The Balaban J connectivity index is 1.70. The van der Waals surface area contributed by atoms with Crippen molar-refractivity contribution in [3.8, 4) is 0 Å². The fourth-order valence-corrected chi connectivity index (χ4v) is 9.74. The van der Waals surface area contributed by atoms with E-state index >= 15 is 0 Å². The summed E-state index contributed by atoms with van der Waals surface area (Å²) < 4.78 is 7.04. The van der Waals surface area contributed by atoms with Crippen molar-refractivity contribution in [1.82, 2.24) is 5.32 Å². The van der Waals surface area contributed by atoms with Crippen LogP contribution in [0.5, 0.6) is 0 Å². The van der Waals surface area contributed by atoms with Gasteiger partial charge in [0.15, 0.2) is 0 Å². The topological polar surface area (TPSA) is 21.3 Å². The lowest BCUT2D eigenvalue weighted by molar-refractivity contribution is -0.146. The van der Waals surface area contributed by atoms with Gasteiger partial charge in [0.05, 0.1) is 12.2 Å². The van der Waals surface area contributed by atoms with Crippen LogP contribution in [0.15, 0.2) is 12.2 Å².